The van der Waals surface area contributed by atoms with Crippen LogP contribution in [0.15, 0.2) is 79.4 Å². The van der Waals surface area contributed by atoms with Crippen LogP contribution in [-0.4, -0.2) is 62.6 Å². The third-order valence-electron chi connectivity index (χ3n) is 6.38. The van der Waals surface area contributed by atoms with Crippen LogP contribution in [0.2, 0.25) is 0 Å². The number of ether oxygens (including phenoxy) is 8. The molecule has 0 N–H and O–H groups in total. The van der Waals surface area contributed by atoms with Crippen molar-refractivity contribution in [1.82, 2.24) is 0 Å². The summed E-state index contributed by atoms with van der Waals surface area (Å²) in [6, 6.07) is 15.8. The zero-order chi connectivity index (χ0) is 36.3. The SMILES string of the molecule is C=CC(=O)OCCCCOC(=O)Oc1ccc(C(=O)Oc2ccc(OC(=O)c3ccc(OC(=O)OCCCCOC(C)=O)cc3)cc2C)cc1. The lowest BCUT2D eigenvalue weighted by Gasteiger charge is -2.11. The van der Waals surface area contributed by atoms with Gasteiger partial charge in [0.1, 0.15) is 23.0 Å². The molecule has 0 saturated heterocycles. The largest absolute Gasteiger partial charge is 0.513 e. The third kappa shape index (κ3) is 13.9. The van der Waals surface area contributed by atoms with E-state index in [9.17, 15) is 28.8 Å². The van der Waals surface area contributed by atoms with Crippen LogP contribution in [0.4, 0.5) is 9.59 Å². The first kappa shape index (κ1) is 38.3. The van der Waals surface area contributed by atoms with E-state index in [0.717, 1.165) is 6.08 Å². The molecule has 0 aromatic heterocycles. The van der Waals surface area contributed by atoms with Crippen LogP contribution in [-0.2, 0) is 28.5 Å². The minimum Gasteiger partial charge on any atom is -0.466 e. The molecule has 0 heterocycles. The van der Waals surface area contributed by atoms with E-state index in [4.69, 9.17) is 37.9 Å². The summed E-state index contributed by atoms with van der Waals surface area (Å²) in [5, 5.41) is 0. The van der Waals surface area contributed by atoms with Crippen molar-refractivity contribution in [2.75, 3.05) is 26.4 Å². The normalized spacial score (nSPS) is 10.2. The molecular weight excluding hydrogens is 656 g/mol. The standard InChI is InChI=1S/C36H36O14/c1-4-32(38)44-20-6-8-22-46-36(42)49-29-15-11-27(12-16-29)34(40)50-31-18-17-30(23-24(31)2)47-33(39)26-9-13-28(14-10-26)48-35(41)45-21-7-5-19-43-25(3)37/h4,9-18,23H,1,5-8,19-22H2,2-3H3. The van der Waals surface area contributed by atoms with Crippen LogP contribution in [0.1, 0.15) is 58.9 Å². The molecule has 0 bridgehead atoms. The first-order chi connectivity index (χ1) is 24.0. The number of carbonyl (C=O) groups excluding carboxylic acids is 6. The van der Waals surface area contributed by atoms with E-state index < -0.39 is 30.2 Å². The van der Waals surface area contributed by atoms with Crippen molar-refractivity contribution < 1.29 is 66.7 Å². The Morgan fingerprint density at radius 1 is 0.560 bits per heavy atom. The molecule has 14 nitrogen and oxygen atoms in total. The van der Waals surface area contributed by atoms with Crippen molar-refractivity contribution in [3.63, 3.8) is 0 Å². The molecule has 0 radical (unpaired) electrons. The van der Waals surface area contributed by atoms with Gasteiger partial charge in [-0.15, -0.1) is 0 Å². The highest BCUT2D eigenvalue weighted by Gasteiger charge is 2.15. The summed E-state index contributed by atoms with van der Waals surface area (Å²) in [7, 11) is 0. The van der Waals surface area contributed by atoms with Crippen LogP contribution in [0, 0.1) is 6.92 Å². The van der Waals surface area contributed by atoms with Crippen LogP contribution in [0.3, 0.4) is 0 Å². The Balaban J connectivity index is 1.41. The van der Waals surface area contributed by atoms with E-state index in [-0.39, 0.29) is 66.5 Å². The molecule has 0 saturated carbocycles. The molecule has 0 atom stereocenters. The fraction of sp³-hybridized carbons (Fsp3) is 0.278. The minimum atomic E-state index is -0.925. The molecule has 3 aromatic carbocycles. The summed E-state index contributed by atoms with van der Waals surface area (Å²) in [5.41, 5.74) is 0.888. The molecule has 14 heteroatoms. The van der Waals surface area contributed by atoms with Gasteiger partial charge in [-0.3, -0.25) is 4.79 Å². The summed E-state index contributed by atoms with van der Waals surface area (Å²) in [5.74, 6) is -1.50. The number of esters is 4. The molecule has 0 spiro atoms. The molecule has 3 rings (SSSR count). The number of carbonyl (C=O) groups is 6. The van der Waals surface area contributed by atoms with E-state index in [0.29, 0.717) is 31.2 Å². The average Bonchev–Trinajstić information content (AvgIpc) is 3.09. The Morgan fingerprint density at radius 3 is 1.46 bits per heavy atom. The Kier molecular flexibility index (Phi) is 15.5. The van der Waals surface area contributed by atoms with Gasteiger partial charge in [0.2, 0.25) is 0 Å². The van der Waals surface area contributed by atoms with Gasteiger partial charge in [0.05, 0.1) is 37.6 Å². The summed E-state index contributed by atoms with van der Waals surface area (Å²) in [6.07, 6.45) is 1.20. The van der Waals surface area contributed by atoms with Crippen molar-refractivity contribution in [2.45, 2.75) is 39.5 Å². The number of hydrogen-bond donors (Lipinski definition) is 0. The second-order valence-corrected chi connectivity index (χ2v) is 10.3. The number of benzene rings is 3. The maximum Gasteiger partial charge on any atom is 0.513 e. The Bertz CT molecular complexity index is 1640. The third-order valence-corrected chi connectivity index (χ3v) is 6.38. The lowest BCUT2D eigenvalue weighted by atomic mass is 10.2. The fourth-order valence-electron chi connectivity index (χ4n) is 3.86. The quantitative estimate of drug-likeness (QED) is 0.0384. The van der Waals surface area contributed by atoms with Gasteiger partial charge in [0, 0.05) is 13.0 Å². The zero-order valence-corrected chi connectivity index (χ0v) is 27.5. The molecule has 264 valence electrons. The Hall–Kier alpha value is -6.18. The molecule has 0 unspecified atom stereocenters. The number of aryl methyl sites for hydroxylation is 1. The van der Waals surface area contributed by atoms with E-state index >= 15 is 0 Å². The minimum absolute atomic E-state index is 0.0681. The second-order valence-electron chi connectivity index (χ2n) is 10.3. The van der Waals surface area contributed by atoms with Gasteiger partial charge in [0.25, 0.3) is 0 Å². The van der Waals surface area contributed by atoms with Gasteiger partial charge in [0.15, 0.2) is 0 Å². The first-order valence-electron chi connectivity index (χ1n) is 15.4. The van der Waals surface area contributed by atoms with E-state index in [1.165, 1.54) is 73.7 Å². The summed E-state index contributed by atoms with van der Waals surface area (Å²) >= 11 is 0. The monoisotopic (exact) mass is 692 g/mol. The molecule has 0 amide bonds. The highest BCUT2D eigenvalue weighted by atomic mass is 16.7. The zero-order valence-electron chi connectivity index (χ0n) is 27.5. The maximum atomic E-state index is 12.7. The van der Waals surface area contributed by atoms with Gasteiger partial charge in [-0.25, -0.2) is 24.0 Å². The molecule has 0 fully saturated rings. The van der Waals surface area contributed by atoms with Crippen LogP contribution < -0.4 is 18.9 Å². The van der Waals surface area contributed by atoms with Crippen molar-refractivity contribution in [1.29, 1.82) is 0 Å². The van der Waals surface area contributed by atoms with E-state index in [2.05, 4.69) is 6.58 Å². The maximum absolute atomic E-state index is 12.7. The predicted molar refractivity (Wildman–Crippen MR) is 174 cm³/mol. The van der Waals surface area contributed by atoms with Crippen molar-refractivity contribution in [3.8, 4) is 23.0 Å². The average molecular weight is 693 g/mol. The highest BCUT2D eigenvalue weighted by Crippen LogP contribution is 2.26. The van der Waals surface area contributed by atoms with Crippen molar-refractivity contribution >= 4 is 36.2 Å². The van der Waals surface area contributed by atoms with Crippen LogP contribution in [0.25, 0.3) is 0 Å². The van der Waals surface area contributed by atoms with Gasteiger partial charge in [-0.2, -0.15) is 0 Å². The Labute approximate surface area is 287 Å². The highest BCUT2D eigenvalue weighted by molar-refractivity contribution is 5.92. The van der Waals surface area contributed by atoms with Crippen LogP contribution in [0.5, 0.6) is 23.0 Å². The number of unbranched alkanes of at least 4 members (excludes halogenated alkanes) is 2. The van der Waals surface area contributed by atoms with Crippen molar-refractivity contribution in [3.05, 3.63) is 96.1 Å². The molecule has 0 aliphatic carbocycles. The lowest BCUT2D eigenvalue weighted by molar-refractivity contribution is -0.141. The van der Waals surface area contributed by atoms with E-state index in [1.807, 2.05) is 0 Å². The van der Waals surface area contributed by atoms with Gasteiger partial charge in [-0.1, -0.05) is 6.58 Å². The Morgan fingerprint density at radius 2 is 1.00 bits per heavy atom. The summed E-state index contributed by atoms with van der Waals surface area (Å²) in [6.45, 7) is 6.85. The van der Waals surface area contributed by atoms with E-state index in [1.54, 1.807) is 6.92 Å². The fourth-order valence-corrected chi connectivity index (χ4v) is 3.86. The molecular formula is C36H36O14. The van der Waals surface area contributed by atoms with Crippen LogP contribution >= 0.6 is 0 Å². The number of rotatable bonds is 17. The lowest BCUT2D eigenvalue weighted by Crippen LogP contribution is -2.13. The first-order valence-corrected chi connectivity index (χ1v) is 15.4. The molecule has 0 aliphatic heterocycles. The van der Waals surface area contributed by atoms with Gasteiger partial charge >= 0.3 is 36.2 Å². The predicted octanol–water partition coefficient (Wildman–Crippen LogP) is 6.32. The molecule has 3 aromatic rings. The second kappa shape index (κ2) is 20.2. The summed E-state index contributed by atoms with van der Waals surface area (Å²) in [4.78, 5) is 70.8. The topological polar surface area (TPSA) is 176 Å². The van der Waals surface area contributed by atoms with Crippen molar-refractivity contribution in [2.24, 2.45) is 0 Å². The summed E-state index contributed by atoms with van der Waals surface area (Å²) < 4.78 is 40.6. The molecule has 50 heavy (non-hydrogen) atoms. The van der Waals surface area contributed by atoms with Gasteiger partial charge in [-0.05, 0) is 105 Å². The molecule has 0 aliphatic rings. The number of hydrogen-bond acceptors (Lipinski definition) is 14. The smallest absolute Gasteiger partial charge is 0.466 e. The van der Waals surface area contributed by atoms with Gasteiger partial charge < -0.3 is 37.9 Å².